The fourth-order valence-corrected chi connectivity index (χ4v) is 5.53. The summed E-state index contributed by atoms with van der Waals surface area (Å²) in [6, 6.07) is 0. The molecule has 0 saturated heterocycles. The second-order valence-electron chi connectivity index (χ2n) is 8.49. The monoisotopic (exact) mass is 512 g/mol. The summed E-state index contributed by atoms with van der Waals surface area (Å²) in [4.78, 5) is 0. The Morgan fingerprint density at radius 3 is 1.45 bits per heavy atom. The van der Waals surface area contributed by atoms with Gasteiger partial charge < -0.3 is 20.1 Å². The molecule has 0 aliphatic heterocycles. The smallest absolute Gasteiger partial charge is 0.322 e. The fraction of sp³-hybridized carbons (Fsp3) is 1.00. The molecule has 0 unspecified atom stereocenters. The van der Waals surface area contributed by atoms with E-state index in [0.717, 1.165) is 62.8 Å². The number of nitrogens with one attached hydrogen (secondary N) is 2. The Kier molecular flexibility index (Phi) is 26.8. The number of ether oxygens (including phenoxy) is 2. The minimum atomic E-state index is -3.49. The summed E-state index contributed by atoms with van der Waals surface area (Å²) in [7, 11) is 0.900. The molecule has 0 saturated carbocycles. The highest BCUT2D eigenvalue weighted by Gasteiger charge is 2.11. The van der Waals surface area contributed by atoms with E-state index in [9.17, 15) is 8.42 Å². The molecule has 0 aromatic carbocycles. The predicted molar refractivity (Wildman–Crippen MR) is 141 cm³/mol. The minimum absolute atomic E-state index is 0.202. The van der Waals surface area contributed by atoms with Crippen molar-refractivity contribution in [3.63, 3.8) is 0 Å². The van der Waals surface area contributed by atoms with Crippen LogP contribution in [0.1, 0.15) is 89.9 Å². The van der Waals surface area contributed by atoms with Gasteiger partial charge in [0.25, 0.3) is 0 Å². The van der Waals surface area contributed by atoms with Crippen molar-refractivity contribution in [2.24, 2.45) is 0 Å². The Labute approximate surface area is 208 Å². The summed E-state index contributed by atoms with van der Waals surface area (Å²) in [6.45, 7) is 5.06. The van der Waals surface area contributed by atoms with Crippen LogP contribution in [0.15, 0.2) is 0 Å². The van der Waals surface area contributed by atoms with Crippen molar-refractivity contribution in [1.82, 2.24) is 10.6 Å². The van der Waals surface area contributed by atoms with Gasteiger partial charge >= 0.3 is 9.15 Å². The molecule has 0 rings (SSSR count). The molecule has 0 aliphatic rings. The number of unbranched alkanes of at least 4 members (excludes halogenated alkanes) is 12. The maximum Gasteiger partial charge on any atom is 0.322 e. The fourth-order valence-electron chi connectivity index (χ4n) is 3.48. The van der Waals surface area contributed by atoms with Crippen LogP contribution in [0.2, 0.25) is 0 Å². The molecule has 0 amide bonds. The van der Waals surface area contributed by atoms with E-state index in [0.29, 0.717) is 18.8 Å². The van der Waals surface area contributed by atoms with Gasteiger partial charge in [-0.15, -0.1) is 0 Å². The summed E-state index contributed by atoms with van der Waals surface area (Å²) in [5.74, 6) is 0.515. The molecule has 0 aromatic rings. The van der Waals surface area contributed by atoms with Gasteiger partial charge in [0.05, 0.1) is 6.61 Å². The molecule has 0 fully saturated rings. The quantitative estimate of drug-likeness (QED) is 0.113. The van der Waals surface area contributed by atoms with Gasteiger partial charge in [-0.2, -0.15) is 8.42 Å². The molecule has 7 nitrogen and oxygen atoms in total. The van der Waals surface area contributed by atoms with E-state index in [4.69, 9.17) is 13.7 Å². The Bertz CT molecular complexity index is 445. The number of rotatable bonds is 28. The highest BCUT2D eigenvalue weighted by molar-refractivity contribution is 8.70. The molecule has 200 valence electrons. The normalized spacial score (nSPS) is 11.9. The zero-order chi connectivity index (χ0) is 24.3. The van der Waals surface area contributed by atoms with Crippen LogP contribution in [0.3, 0.4) is 0 Å². The largest absolute Gasteiger partial charge is 0.385 e. The van der Waals surface area contributed by atoms with Crippen LogP contribution >= 0.6 is 10.8 Å². The summed E-state index contributed by atoms with van der Waals surface area (Å²) < 4.78 is 39.0. The van der Waals surface area contributed by atoms with Crippen molar-refractivity contribution in [3.8, 4) is 0 Å². The molecule has 2 N–H and O–H groups in total. The van der Waals surface area contributed by atoms with Crippen molar-refractivity contribution in [3.05, 3.63) is 0 Å². The van der Waals surface area contributed by atoms with E-state index in [2.05, 4.69) is 10.6 Å². The number of hydrogen-bond acceptors (Lipinski definition) is 8. The van der Waals surface area contributed by atoms with Gasteiger partial charge in [0, 0.05) is 46.3 Å². The summed E-state index contributed by atoms with van der Waals surface area (Å²) in [5, 5.41) is 6.58. The number of methoxy groups -OCH3 is 2. The second-order valence-corrected chi connectivity index (χ2v) is 12.1. The van der Waals surface area contributed by atoms with Gasteiger partial charge in [-0.25, -0.2) is 0 Å². The lowest BCUT2D eigenvalue weighted by Gasteiger charge is -2.07. The molecule has 0 heterocycles. The molecule has 9 heteroatoms. The summed E-state index contributed by atoms with van der Waals surface area (Å²) >= 11 is 0. The van der Waals surface area contributed by atoms with Gasteiger partial charge in [0.1, 0.15) is 0 Å². The van der Waals surface area contributed by atoms with E-state index >= 15 is 0 Å². The summed E-state index contributed by atoms with van der Waals surface area (Å²) in [5.41, 5.74) is 0. The lowest BCUT2D eigenvalue weighted by Crippen LogP contribution is -2.22. The maximum absolute atomic E-state index is 11.9. The van der Waals surface area contributed by atoms with Crippen molar-refractivity contribution in [2.75, 3.05) is 66.0 Å². The molecular weight excluding hydrogens is 460 g/mol. The molecule has 0 atom stereocenters. The Hall–Kier alpha value is 0.1000. The van der Waals surface area contributed by atoms with Gasteiger partial charge in [-0.1, -0.05) is 64.2 Å². The summed E-state index contributed by atoms with van der Waals surface area (Å²) in [6.07, 6.45) is 17.2. The van der Waals surface area contributed by atoms with Crippen LogP contribution in [-0.4, -0.2) is 74.4 Å². The average Bonchev–Trinajstić information content (AvgIpc) is 2.80. The Morgan fingerprint density at radius 1 is 0.545 bits per heavy atom. The second kappa shape index (κ2) is 26.7. The SMILES string of the molecule is COCCCCCCCCCNCCOS(=O)(=O)SCCNCCCCCCCCCOC. The Balaban J connectivity index is 3.30. The standard InChI is InChI=1S/C24H52N2O5S2/c1-29-21-15-11-7-3-5-9-13-17-25-19-23-31-33(27,28)32-24-20-26-18-14-10-6-4-8-12-16-22-30-2/h25-26H,3-24H2,1-2H3. The van der Waals surface area contributed by atoms with Crippen molar-refractivity contribution < 1.29 is 22.1 Å². The van der Waals surface area contributed by atoms with E-state index in [1.165, 1.54) is 64.2 Å². The van der Waals surface area contributed by atoms with Crippen LogP contribution in [0, 0.1) is 0 Å². The Morgan fingerprint density at radius 2 is 0.970 bits per heavy atom. The van der Waals surface area contributed by atoms with E-state index in [-0.39, 0.29) is 6.61 Å². The van der Waals surface area contributed by atoms with Crippen LogP contribution in [0.25, 0.3) is 0 Å². The molecule has 0 bridgehead atoms. The zero-order valence-corrected chi connectivity index (χ0v) is 23.0. The highest BCUT2D eigenvalue weighted by Crippen LogP contribution is 2.13. The van der Waals surface area contributed by atoms with E-state index in [1.807, 2.05) is 0 Å². The van der Waals surface area contributed by atoms with Crippen LogP contribution < -0.4 is 10.6 Å². The van der Waals surface area contributed by atoms with Gasteiger partial charge in [0.15, 0.2) is 0 Å². The van der Waals surface area contributed by atoms with Gasteiger partial charge in [-0.05, 0) is 49.6 Å². The van der Waals surface area contributed by atoms with Crippen LogP contribution in [0.4, 0.5) is 0 Å². The third kappa shape index (κ3) is 28.2. The first kappa shape index (κ1) is 33.1. The molecule has 33 heavy (non-hydrogen) atoms. The van der Waals surface area contributed by atoms with Crippen molar-refractivity contribution >= 4 is 19.9 Å². The van der Waals surface area contributed by atoms with E-state index in [1.54, 1.807) is 14.2 Å². The first-order chi connectivity index (χ1) is 16.1. The molecular formula is C24H52N2O5S2. The van der Waals surface area contributed by atoms with Crippen LogP contribution in [-0.2, 0) is 22.8 Å². The van der Waals surface area contributed by atoms with Gasteiger partial charge in [0.2, 0.25) is 0 Å². The van der Waals surface area contributed by atoms with Crippen molar-refractivity contribution in [2.45, 2.75) is 89.9 Å². The predicted octanol–water partition coefficient (Wildman–Crippen LogP) is 4.91. The van der Waals surface area contributed by atoms with Gasteiger partial charge in [-0.3, -0.25) is 4.18 Å². The third-order valence-corrected chi connectivity index (χ3v) is 8.19. The number of hydrogen-bond donors (Lipinski definition) is 2. The van der Waals surface area contributed by atoms with Crippen LogP contribution in [0.5, 0.6) is 0 Å². The minimum Gasteiger partial charge on any atom is -0.385 e. The zero-order valence-electron chi connectivity index (χ0n) is 21.4. The maximum atomic E-state index is 11.9. The van der Waals surface area contributed by atoms with E-state index < -0.39 is 9.15 Å². The van der Waals surface area contributed by atoms with Crippen molar-refractivity contribution in [1.29, 1.82) is 0 Å². The molecule has 0 aliphatic carbocycles. The highest BCUT2D eigenvalue weighted by atomic mass is 33.1. The first-order valence-corrected chi connectivity index (χ1v) is 16.0. The first-order valence-electron chi connectivity index (χ1n) is 13.1. The molecule has 0 aromatic heterocycles. The lowest BCUT2D eigenvalue weighted by atomic mass is 10.1. The molecule has 0 spiro atoms. The third-order valence-electron chi connectivity index (χ3n) is 5.42. The average molecular weight is 513 g/mol. The topological polar surface area (TPSA) is 85.9 Å². The lowest BCUT2D eigenvalue weighted by molar-refractivity contribution is 0.192. The molecule has 0 radical (unpaired) electrons.